The van der Waals surface area contributed by atoms with Gasteiger partial charge in [0.05, 0.1) is 0 Å². The Labute approximate surface area is 78.3 Å². The van der Waals surface area contributed by atoms with Crippen molar-refractivity contribution in [2.45, 2.75) is 20.8 Å². The van der Waals surface area contributed by atoms with Crippen molar-refractivity contribution in [1.82, 2.24) is 4.98 Å². The summed E-state index contributed by atoms with van der Waals surface area (Å²) in [6.07, 6.45) is 1.70. The highest BCUT2D eigenvalue weighted by Crippen LogP contribution is 2.16. The minimum Gasteiger partial charge on any atom is -0.293 e. The molecule has 13 heavy (non-hydrogen) atoms. The lowest BCUT2D eigenvalue weighted by Gasteiger charge is -2.04. The minimum absolute atomic E-state index is 0.00337. The predicted octanol–water partition coefficient (Wildman–Crippen LogP) is 2.63. The first-order chi connectivity index (χ1) is 6.02. The molecular formula is C11H13NO. The second-order valence-electron chi connectivity index (χ2n) is 3.22. The van der Waals surface area contributed by atoms with Crippen molar-refractivity contribution < 1.29 is 4.79 Å². The molecule has 2 heteroatoms. The summed E-state index contributed by atoms with van der Waals surface area (Å²) in [5.41, 5.74) is 3.56. The molecule has 2 nitrogen and oxygen atoms in total. The van der Waals surface area contributed by atoms with Gasteiger partial charge in [-0.15, -0.1) is 0 Å². The van der Waals surface area contributed by atoms with E-state index in [1.165, 1.54) is 6.92 Å². The predicted molar refractivity (Wildman–Crippen MR) is 53.7 cm³/mol. The van der Waals surface area contributed by atoms with Gasteiger partial charge in [-0.1, -0.05) is 6.58 Å². The first kappa shape index (κ1) is 9.65. The summed E-state index contributed by atoms with van der Waals surface area (Å²) < 4.78 is 0. The molecule has 0 saturated carbocycles. The number of ketones is 1. The van der Waals surface area contributed by atoms with Crippen LogP contribution in [-0.4, -0.2) is 10.8 Å². The molecule has 0 spiro atoms. The molecule has 0 aliphatic rings. The molecule has 0 amide bonds. The molecule has 1 heterocycles. The van der Waals surface area contributed by atoms with E-state index in [0.717, 1.165) is 16.7 Å². The van der Waals surface area contributed by atoms with Gasteiger partial charge in [0.1, 0.15) is 5.69 Å². The lowest BCUT2D eigenvalue weighted by Crippen LogP contribution is -1.98. The first-order valence-electron chi connectivity index (χ1n) is 4.16. The Bertz CT molecular complexity index is 366. The zero-order valence-electron chi connectivity index (χ0n) is 8.22. The molecule has 0 fully saturated rings. The van der Waals surface area contributed by atoms with E-state index in [4.69, 9.17) is 0 Å². The maximum atomic E-state index is 11.0. The smallest absolute Gasteiger partial charge is 0.178 e. The molecular weight excluding hydrogens is 162 g/mol. The number of carbonyl (C=O) groups is 1. The summed E-state index contributed by atoms with van der Waals surface area (Å²) in [4.78, 5) is 15.0. The molecule has 0 N–H and O–H groups in total. The van der Waals surface area contributed by atoms with Crippen LogP contribution in [0, 0.1) is 6.92 Å². The second kappa shape index (κ2) is 3.52. The van der Waals surface area contributed by atoms with E-state index in [0.29, 0.717) is 5.69 Å². The summed E-state index contributed by atoms with van der Waals surface area (Å²) >= 11 is 0. The average Bonchev–Trinajstić information content (AvgIpc) is 2.03. The van der Waals surface area contributed by atoms with Crippen LogP contribution in [0.2, 0.25) is 0 Å². The standard InChI is InChI=1S/C11H13NO/c1-7(2)10-6-12-11(9(4)13)5-8(10)3/h5-6H,1H2,2-4H3. The number of hydrogen-bond acceptors (Lipinski definition) is 2. The van der Waals surface area contributed by atoms with Crippen molar-refractivity contribution in [3.63, 3.8) is 0 Å². The summed E-state index contributed by atoms with van der Waals surface area (Å²) in [5, 5.41) is 0. The van der Waals surface area contributed by atoms with Gasteiger partial charge in [-0.05, 0) is 36.6 Å². The van der Waals surface area contributed by atoms with Crippen LogP contribution in [-0.2, 0) is 0 Å². The monoisotopic (exact) mass is 175 g/mol. The largest absolute Gasteiger partial charge is 0.293 e. The van der Waals surface area contributed by atoms with Crippen LogP contribution in [0.25, 0.3) is 5.57 Å². The van der Waals surface area contributed by atoms with Gasteiger partial charge in [0.15, 0.2) is 5.78 Å². The number of aromatic nitrogens is 1. The topological polar surface area (TPSA) is 30.0 Å². The van der Waals surface area contributed by atoms with Gasteiger partial charge >= 0.3 is 0 Å². The number of hydrogen-bond donors (Lipinski definition) is 0. The van der Waals surface area contributed by atoms with Crippen molar-refractivity contribution in [2.24, 2.45) is 0 Å². The Kier molecular flexibility index (Phi) is 2.61. The number of carbonyl (C=O) groups excluding carboxylic acids is 1. The fourth-order valence-corrected chi connectivity index (χ4v) is 1.20. The van der Waals surface area contributed by atoms with Crippen molar-refractivity contribution in [2.75, 3.05) is 0 Å². The lowest BCUT2D eigenvalue weighted by atomic mass is 10.0. The number of pyridine rings is 1. The van der Waals surface area contributed by atoms with Gasteiger partial charge in [-0.25, -0.2) is 0 Å². The van der Waals surface area contributed by atoms with Crippen molar-refractivity contribution in [3.05, 3.63) is 35.7 Å². The van der Waals surface area contributed by atoms with E-state index < -0.39 is 0 Å². The molecule has 0 bridgehead atoms. The van der Waals surface area contributed by atoms with E-state index in [9.17, 15) is 4.79 Å². The summed E-state index contributed by atoms with van der Waals surface area (Å²) in [6.45, 7) is 9.24. The average molecular weight is 175 g/mol. The lowest BCUT2D eigenvalue weighted by molar-refractivity contribution is 0.101. The highest BCUT2D eigenvalue weighted by molar-refractivity contribution is 5.92. The third kappa shape index (κ3) is 2.02. The van der Waals surface area contributed by atoms with Crippen LogP contribution in [0.15, 0.2) is 18.8 Å². The molecule has 0 aliphatic carbocycles. The van der Waals surface area contributed by atoms with E-state index in [2.05, 4.69) is 11.6 Å². The van der Waals surface area contributed by atoms with Gasteiger partial charge in [-0.3, -0.25) is 9.78 Å². The zero-order chi connectivity index (χ0) is 10.0. The maximum Gasteiger partial charge on any atom is 0.178 e. The van der Waals surface area contributed by atoms with Crippen molar-refractivity contribution >= 4 is 11.4 Å². The molecule has 68 valence electrons. The van der Waals surface area contributed by atoms with E-state index >= 15 is 0 Å². The first-order valence-corrected chi connectivity index (χ1v) is 4.16. The summed E-state index contributed by atoms with van der Waals surface area (Å²) in [5.74, 6) is -0.00337. The molecule has 0 aromatic carbocycles. The minimum atomic E-state index is -0.00337. The zero-order valence-corrected chi connectivity index (χ0v) is 8.22. The maximum absolute atomic E-state index is 11.0. The number of allylic oxidation sites excluding steroid dienone is 1. The fourth-order valence-electron chi connectivity index (χ4n) is 1.20. The molecule has 1 aromatic heterocycles. The van der Waals surface area contributed by atoms with Crippen LogP contribution in [0.3, 0.4) is 0 Å². The highest BCUT2D eigenvalue weighted by Gasteiger charge is 2.04. The second-order valence-corrected chi connectivity index (χ2v) is 3.22. The molecule has 0 radical (unpaired) electrons. The van der Waals surface area contributed by atoms with Crippen LogP contribution in [0.4, 0.5) is 0 Å². The highest BCUT2D eigenvalue weighted by atomic mass is 16.1. The fraction of sp³-hybridized carbons (Fsp3) is 0.273. The Hall–Kier alpha value is -1.44. The van der Waals surface area contributed by atoms with Crippen LogP contribution in [0.5, 0.6) is 0 Å². The molecule has 1 aromatic rings. The van der Waals surface area contributed by atoms with Crippen molar-refractivity contribution in [1.29, 1.82) is 0 Å². The summed E-state index contributed by atoms with van der Waals surface area (Å²) in [7, 11) is 0. The van der Waals surface area contributed by atoms with Gasteiger partial charge in [0.2, 0.25) is 0 Å². The summed E-state index contributed by atoms with van der Waals surface area (Å²) in [6, 6.07) is 1.80. The quantitative estimate of drug-likeness (QED) is 0.647. The SMILES string of the molecule is C=C(C)c1cnc(C(C)=O)cc1C. The van der Waals surface area contributed by atoms with Gasteiger partial charge in [0, 0.05) is 13.1 Å². The van der Waals surface area contributed by atoms with E-state index in [1.807, 2.05) is 13.8 Å². The number of Topliss-reactive ketones (excluding diaryl/α,β-unsaturated/α-hetero) is 1. The van der Waals surface area contributed by atoms with E-state index in [1.54, 1.807) is 12.3 Å². The third-order valence-electron chi connectivity index (χ3n) is 1.93. The third-order valence-corrected chi connectivity index (χ3v) is 1.93. The molecule has 0 unspecified atom stereocenters. The van der Waals surface area contributed by atoms with E-state index in [-0.39, 0.29) is 5.78 Å². The van der Waals surface area contributed by atoms with Gasteiger partial charge in [0.25, 0.3) is 0 Å². The van der Waals surface area contributed by atoms with Crippen LogP contribution < -0.4 is 0 Å². The normalized spacial score (nSPS) is 9.77. The Morgan fingerprint density at radius 3 is 2.46 bits per heavy atom. The molecule has 0 aliphatic heterocycles. The Morgan fingerprint density at radius 1 is 1.46 bits per heavy atom. The van der Waals surface area contributed by atoms with Crippen LogP contribution in [0.1, 0.15) is 35.5 Å². The Balaban J connectivity index is 3.20. The van der Waals surface area contributed by atoms with Crippen molar-refractivity contribution in [3.8, 4) is 0 Å². The number of nitrogens with zero attached hydrogens (tertiary/aromatic N) is 1. The molecule has 1 rings (SSSR count). The molecule has 0 saturated heterocycles. The number of rotatable bonds is 2. The number of aryl methyl sites for hydroxylation is 1. The molecule has 0 atom stereocenters. The Morgan fingerprint density at radius 2 is 2.08 bits per heavy atom. The van der Waals surface area contributed by atoms with Crippen LogP contribution >= 0.6 is 0 Å². The van der Waals surface area contributed by atoms with Gasteiger partial charge < -0.3 is 0 Å². The van der Waals surface area contributed by atoms with Gasteiger partial charge in [-0.2, -0.15) is 0 Å².